The molecule has 92 valence electrons. The fourth-order valence-electron chi connectivity index (χ4n) is 1.25. The average molecular weight is 254 g/mol. The maximum Gasteiger partial charge on any atom is 0.247 e. The summed E-state index contributed by atoms with van der Waals surface area (Å²) in [5, 5.41) is 2.59. The molecule has 0 aromatic heterocycles. The van der Waals surface area contributed by atoms with Crippen molar-refractivity contribution >= 4 is 27.3 Å². The summed E-state index contributed by atoms with van der Waals surface area (Å²) in [5.74, 6) is -0.312. The number of sulfonamides is 1. The Bertz CT molecular complexity index is 550. The molecule has 5 nitrogen and oxygen atoms in total. The molecule has 0 unspecified atom stereocenters. The van der Waals surface area contributed by atoms with Gasteiger partial charge in [0, 0.05) is 5.69 Å². The summed E-state index contributed by atoms with van der Waals surface area (Å²) >= 11 is 0. The lowest BCUT2D eigenvalue weighted by Crippen LogP contribution is -2.11. The maximum atomic E-state index is 11.1. The first-order valence-electron chi connectivity index (χ1n) is 4.83. The summed E-state index contributed by atoms with van der Waals surface area (Å²) in [6.45, 7) is 5.09. The fourth-order valence-corrected chi connectivity index (χ4v) is 1.88. The lowest BCUT2D eigenvalue weighted by molar-refractivity contribution is -0.111. The molecule has 0 bridgehead atoms. The Morgan fingerprint density at radius 2 is 2.06 bits per heavy atom. The highest BCUT2D eigenvalue weighted by Crippen LogP contribution is 2.20. The molecule has 0 spiro atoms. The number of rotatable bonds is 4. The van der Waals surface area contributed by atoms with Crippen LogP contribution in [0.1, 0.15) is 5.56 Å². The number of hydrogen-bond donors (Lipinski definition) is 2. The summed E-state index contributed by atoms with van der Waals surface area (Å²) in [6, 6.07) is 4.88. The van der Waals surface area contributed by atoms with Gasteiger partial charge in [0.2, 0.25) is 15.9 Å². The lowest BCUT2D eigenvalue weighted by atomic mass is 10.2. The van der Waals surface area contributed by atoms with E-state index in [2.05, 4.69) is 16.6 Å². The first-order chi connectivity index (χ1) is 7.81. The van der Waals surface area contributed by atoms with E-state index in [1.807, 2.05) is 0 Å². The summed E-state index contributed by atoms with van der Waals surface area (Å²) in [7, 11) is -3.29. The van der Waals surface area contributed by atoms with Crippen molar-refractivity contribution in [1.82, 2.24) is 0 Å². The number of amides is 1. The number of aryl methyl sites for hydroxylation is 1. The SMILES string of the molecule is C=CC(=O)Nc1ccc(NS(C)(=O)=O)c(C)c1. The predicted octanol–water partition coefficient (Wildman–Crippen LogP) is 1.49. The third-order valence-corrected chi connectivity index (χ3v) is 2.57. The number of carbonyl (C=O) groups is 1. The van der Waals surface area contributed by atoms with E-state index in [9.17, 15) is 13.2 Å². The molecule has 6 heteroatoms. The summed E-state index contributed by atoms with van der Waals surface area (Å²) in [4.78, 5) is 11.1. The van der Waals surface area contributed by atoms with Crippen molar-refractivity contribution in [2.75, 3.05) is 16.3 Å². The molecule has 1 rings (SSSR count). The third-order valence-electron chi connectivity index (χ3n) is 1.97. The van der Waals surface area contributed by atoms with Crippen LogP contribution in [0.2, 0.25) is 0 Å². The molecule has 2 N–H and O–H groups in total. The molecule has 0 fully saturated rings. The molecule has 0 aliphatic heterocycles. The van der Waals surface area contributed by atoms with E-state index in [0.717, 1.165) is 17.9 Å². The summed E-state index contributed by atoms with van der Waals surface area (Å²) < 4.78 is 24.5. The van der Waals surface area contributed by atoms with Crippen LogP contribution in [0.15, 0.2) is 30.9 Å². The van der Waals surface area contributed by atoms with Crippen molar-refractivity contribution in [3.8, 4) is 0 Å². The van der Waals surface area contributed by atoms with Gasteiger partial charge in [0.1, 0.15) is 0 Å². The largest absolute Gasteiger partial charge is 0.323 e. The van der Waals surface area contributed by atoms with Gasteiger partial charge in [0.05, 0.1) is 11.9 Å². The molecule has 1 aromatic carbocycles. The third kappa shape index (κ3) is 4.28. The Balaban J connectivity index is 2.94. The van der Waals surface area contributed by atoms with E-state index >= 15 is 0 Å². The molecule has 0 radical (unpaired) electrons. The van der Waals surface area contributed by atoms with Crippen LogP contribution >= 0.6 is 0 Å². The number of nitrogens with one attached hydrogen (secondary N) is 2. The van der Waals surface area contributed by atoms with Crippen LogP contribution in [0.4, 0.5) is 11.4 Å². The molecule has 1 amide bonds. The van der Waals surface area contributed by atoms with Gasteiger partial charge in [-0.2, -0.15) is 0 Å². The van der Waals surface area contributed by atoms with Crippen LogP contribution in [0, 0.1) is 6.92 Å². The second-order valence-corrected chi connectivity index (χ2v) is 5.35. The van der Waals surface area contributed by atoms with E-state index in [0.29, 0.717) is 11.4 Å². The fraction of sp³-hybridized carbons (Fsp3) is 0.182. The molecular formula is C11H14N2O3S. The molecular weight excluding hydrogens is 240 g/mol. The van der Waals surface area contributed by atoms with E-state index in [1.54, 1.807) is 25.1 Å². The van der Waals surface area contributed by atoms with Crippen molar-refractivity contribution in [3.63, 3.8) is 0 Å². The highest BCUT2D eigenvalue weighted by Gasteiger charge is 2.06. The monoisotopic (exact) mass is 254 g/mol. The van der Waals surface area contributed by atoms with Crippen LogP contribution in [-0.2, 0) is 14.8 Å². The van der Waals surface area contributed by atoms with Gasteiger partial charge < -0.3 is 5.32 Å². The van der Waals surface area contributed by atoms with Crippen LogP contribution < -0.4 is 10.0 Å². The predicted molar refractivity (Wildman–Crippen MR) is 68.5 cm³/mol. The minimum Gasteiger partial charge on any atom is -0.323 e. The zero-order valence-corrected chi connectivity index (χ0v) is 10.5. The topological polar surface area (TPSA) is 75.3 Å². The summed E-state index contributed by atoms with van der Waals surface area (Å²) in [6.07, 6.45) is 2.25. The first kappa shape index (κ1) is 13.2. The van der Waals surface area contributed by atoms with Crippen molar-refractivity contribution in [3.05, 3.63) is 36.4 Å². The van der Waals surface area contributed by atoms with Crippen LogP contribution in [-0.4, -0.2) is 20.6 Å². The Hall–Kier alpha value is -1.82. The van der Waals surface area contributed by atoms with Crippen LogP contribution in [0.5, 0.6) is 0 Å². The Labute approximate surface area is 101 Å². The molecule has 0 saturated carbocycles. The van der Waals surface area contributed by atoms with Gasteiger partial charge >= 0.3 is 0 Å². The van der Waals surface area contributed by atoms with Gasteiger partial charge in [-0.1, -0.05) is 6.58 Å². The lowest BCUT2D eigenvalue weighted by Gasteiger charge is -2.09. The maximum absolute atomic E-state index is 11.1. The second kappa shape index (κ2) is 5.01. The molecule has 17 heavy (non-hydrogen) atoms. The van der Waals surface area contributed by atoms with Crippen LogP contribution in [0.3, 0.4) is 0 Å². The minimum absolute atomic E-state index is 0.312. The molecule has 0 heterocycles. The van der Waals surface area contributed by atoms with Gasteiger partial charge in [0.25, 0.3) is 0 Å². The quantitative estimate of drug-likeness (QED) is 0.799. The van der Waals surface area contributed by atoms with E-state index in [-0.39, 0.29) is 5.91 Å². The highest BCUT2D eigenvalue weighted by atomic mass is 32.2. The zero-order chi connectivity index (χ0) is 13.1. The van der Waals surface area contributed by atoms with Gasteiger partial charge in [0.15, 0.2) is 0 Å². The highest BCUT2D eigenvalue weighted by molar-refractivity contribution is 7.92. The normalized spacial score (nSPS) is 10.7. The molecule has 0 saturated heterocycles. The Morgan fingerprint density at radius 1 is 1.41 bits per heavy atom. The average Bonchev–Trinajstić information content (AvgIpc) is 2.20. The van der Waals surface area contributed by atoms with Gasteiger partial charge in [-0.15, -0.1) is 0 Å². The van der Waals surface area contributed by atoms with Crippen molar-refractivity contribution < 1.29 is 13.2 Å². The minimum atomic E-state index is -3.29. The smallest absolute Gasteiger partial charge is 0.247 e. The van der Waals surface area contributed by atoms with Crippen molar-refractivity contribution in [2.24, 2.45) is 0 Å². The number of anilines is 2. The summed E-state index contributed by atoms with van der Waals surface area (Å²) in [5.41, 5.74) is 1.80. The molecule has 1 aromatic rings. The first-order valence-corrected chi connectivity index (χ1v) is 6.73. The Morgan fingerprint density at radius 3 is 2.53 bits per heavy atom. The number of benzene rings is 1. The van der Waals surface area contributed by atoms with Crippen molar-refractivity contribution in [2.45, 2.75) is 6.92 Å². The van der Waals surface area contributed by atoms with E-state index in [1.165, 1.54) is 0 Å². The number of carbonyl (C=O) groups excluding carboxylic acids is 1. The molecule has 0 aliphatic rings. The number of hydrogen-bond acceptors (Lipinski definition) is 3. The van der Waals surface area contributed by atoms with E-state index < -0.39 is 10.0 Å². The Kier molecular flexibility index (Phi) is 3.90. The zero-order valence-electron chi connectivity index (χ0n) is 9.65. The van der Waals surface area contributed by atoms with Gasteiger partial charge in [-0.3, -0.25) is 9.52 Å². The second-order valence-electron chi connectivity index (χ2n) is 3.60. The van der Waals surface area contributed by atoms with Gasteiger partial charge in [-0.05, 0) is 36.8 Å². The molecule has 0 aliphatic carbocycles. The van der Waals surface area contributed by atoms with Crippen molar-refractivity contribution in [1.29, 1.82) is 0 Å². The van der Waals surface area contributed by atoms with Crippen LogP contribution in [0.25, 0.3) is 0 Å². The standard InChI is InChI=1S/C11H14N2O3S/c1-4-11(14)12-9-5-6-10(8(2)7-9)13-17(3,15)16/h4-7,13H,1H2,2-3H3,(H,12,14). The molecule has 0 atom stereocenters. The van der Waals surface area contributed by atoms with Gasteiger partial charge in [-0.25, -0.2) is 8.42 Å². The van der Waals surface area contributed by atoms with E-state index in [4.69, 9.17) is 0 Å².